The summed E-state index contributed by atoms with van der Waals surface area (Å²) in [6, 6.07) is 3.58. The Hall–Kier alpha value is -3.18. The summed E-state index contributed by atoms with van der Waals surface area (Å²) >= 11 is 0. The smallest absolute Gasteiger partial charge is 0.336 e. The van der Waals surface area contributed by atoms with E-state index in [0.29, 0.717) is 30.1 Å². The lowest BCUT2D eigenvalue weighted by Gasteiger charge is -2.38. The zero-order valence-corrected chi connectivity index (χ0v) is 17.8. The Morgan fingerprint density at radius 1 is 1.19 bits per heavy atom. The molecule has 1 N–H and O–H groups in total. The number of carbonyl (C=O) groups is 2. The molecule has 2 aromatic rings. The average Bonchev–Trinajstić information content (AvgIpc) is 3.53. The van der Waals surface area contributed by atoms with E-state index in [1.807, 2.05) is 6.07 Å². The number of likely N-dealkylation sites (tertiary alicyclic amines) is 2. The van der Waals surface area contributed by atoms with Crippen molar-refractivity contribution in [1.82, 2.24) is 35.0 Å². The number of amides is 1. The van der Waals surface area contributed by atoms with E-state index in [1.54, 1.807) is 24.1 Å². The summed E-state index contributed by atoms with van der Waals surface area (Å²) in [5.41, 5.74) is 2.17. The van der Waals surface area contributed by atoms with Crippen molar-refractivity contribution in [3.63, 3.8) is 0 Å². The van der Waals surface area contributed by atoms with Crippen LogP contribution >= 0.6 is 0 Å². The fraction of sp³-hybridized carbons (Fsp3) is 0.524. The molecule has 0 bridgehead atoms. The zero-order valence-electron chi connectivity index (χ0n) is 17.8. The summed E-state index contributed by atoms with van der Waals surface area (Å²) in [5, 5.41) is 21.7. The van der Waals surface area contributed by atoms with Crippen molar-refractivity contribution in [3.05, 3.63) is 41.6 Å². The van der Waals surface area contributed by atoms with E-state index in [4.69, 9.17) is 4.74 Å². The van der Waals surface area contributed by atoms with Gasteiger partial charge in [-0.2, -0.15) is 4.68 Å². The van der Waals surface area contributed by atoms with Gasteiger partial charge in [-0.25, -0.2) is 4.79 Å². The number of cyclic esters (lactones) is 1. The number of aromatic nitrogens is 5. The summed E-state index contributed by atoms with van der Waals surface area (Å²) in [7, 11) is 0. The van der Waals surface area contributed by atoms with Crippen LogP contribution in [0, 0.1) is 5.41 Å². The average molecular weight is 439 g/mol. The maximum atomic E-state index is 13.2. The topological polar surface area (TPSA) is 127 Å². The van der Waals surface area contributed by atoms with Crippen LogP contribution < -0.4 is 0 Å². The second-order valence-corrected chi connectivity index (χ2v) is 8.65. The van der Waals surface area contributed by atoms with E-state index >= 15 is 0 Å². The first-order valence-corrected chi connectivity index (χ1v) is 10.8. The van der Waals surface area contributed by atoms with E-state index < -0.39 is 6.10 Å². The van der Waals surface area contributed by atoms with Crippen LogP contribution in [0.25, 0.3) is 5.69 Å². The molecular weight excluding hydrogens is 414 g/mol. The number of carbonyl (C=O) groups excluding carboxylic acids is 2. The number of hydrogen-bond acceptors (Lipinski definition) is 9. The van der Waals surface area contributed by atoms with E-state index in [2.05, 4.69) is 25.4 Å². The van der Waals surface area contributed by atoms with Crippen molar-refractivity contribution in [2.24, 2.45) is 5.41 Å². The van der Waals surface area contributed by atoms with Gasteiger partial charge < -0.3 is 19.6 Å². The quantitative estimate of drug-likeness (QED) is 0.652. The third-order valence-electron chi connectivity index (χ3n) is 6.89. The van der Waals surface area contributed by atoms with Crippen LogP contribution in [0.4, 0.5) is 0 Å². The van der Waals surface area contributed by atoms with Crippen LogP contribution in [-0.4, -0.2) is 84.8 Å². The first kappa shape index (κ1) is 20.7. The van der Waals surface area contributed by atoms with Crippen molar-refractivity contribution in [2.45, 2.75) is 32.3 Å². The predicted octanol–water partition coefficient (Wildman–Crippen LogP) is 0.236. The second-order valence-electron chi connectivity index (χ2n) is 8.65. The van der Waals surface area contributed by atoms with Gasteiger partial charge >= 0.3 is 5.97 Å². The first-order valence-electron chi connectivity index (χ1n) is 10.8. The molecule has 0 aromatic carbocycles. The highest BCUT2D eigenvalue weighted by Gasteiger charge is 2.50. The molecule has 3 aliphatic rings. The number of rotatable bonds is 5. The second kappa shape index (κ2) is 8.06. The molecule has 168 valence electrons. The predicted molar refractivity (Wildman–Crippen MR) is 110 cm³/mol. The minimum absolute atomic E-state index is 0.102. The molecule has 2 aromatic heterocycles. The lowest BCUT2D eigenvalue weighted by atomic mass is 9.77. The van der Waals surface area contributed by atoms with Crippen molar-refractivity contribution >= 4 is 11.9 Å². The van der Waals surface area contributed by atoms with Crippen LogP contribution in [0.15, 0.2) is 35.9 Å². The molecule has 11 heteroatoms. The van der Waals surface area contributed by atoms with Gasteiger partial charge in [-0.05, 0) is 61.8 Å². The van der Waals surface area contributed by atoms with Gasteiger partial charge in [-0.1, -0.05) is 0 Å². The van der Waals surface area contributed by atoms with Crippen molar-refractivity contribution in [1.29, 1.82) is 0 Å². The third kappa shape index (κ3) is 3.56. The summed E-state index contributed by atoms with van der Waals surface area (Å²) in [5.74, 6) is -0.234. The van der Waals surface area contributed by atoms with E-state index in [0.717, 1.165) is 38.0 Å². The van der Waals surface area contributed by atoms with Gasteiger partial charge in [-0.3, -0.25) is 9.78 Å². The Kier molecular flexibility index (Phi) is 5.22. The van der Waals surface area contributed by atoms with Crippen LogP contribution in [0.2, 0.25) is 0 Å². The number of aliphatic hydroxyl groups is 1. The van der Waals surface area contributed by atoms with Gasteiger partial charge in [0, 0.05) is 13.1 Å². The number of nitrogens with zero attached hydrogens (tertiary/aromatic N) is 7. The van der Waals surface area contributed by atoms with Crippen LogP contribution in [0.1, 0.15) is 38.0 Å². The molecule has 2 saturated heterocycles. The Morgan fingerprint density at radius 3 is 2.59 bits per heavy atom. The Bertz CT molecular complexity index is 1040. The van der Waals surface area contributed by atoms with Crippen LogP contribution in [-0.2, 0) is 14.3 Å². The third-order valence-corrected chi connectivity index (χ3v) is 6.89. The lowest BCUT2D eigenvalue weighted by Crippen LogP contribution is -2.45. The molecule has 0 radical (unpaired) electrons. The monoisotopic (exact) mass is 439 g/mol. The van der Waals surface area contributed by atoms with E-state index in [1.165, 1.54) is 11.0 Å². The molecule has 1 amide bonds. The molecular formula is C21H25N7O4. The largest absolute Gasteiger partial charge is 0.456 e. The normalized spacial score (nSPS) is 22.1. The van der Waals surface area contributed by atoms with Crippen LogP contribution in [0.5, 0.6) is 0 Å². The molecule has 32 heavy (non-hydrogen) atoms. The SMILES string of the molecule is CC1=C(N2CCC3(CCN(CC(O)c4ccc(-n5cnnn5)cn4)CC3)C2=O)COC1=O. The standard InChI is InChI=1S/C21H25N7O4/c1-14-17(12-32-19(14)30)27-9-6-21(20(27)31)4-7-26(8-5-21)11-18(29)16-3-2-15(10-22-16)28-13-23-24-25-28/h2-3,10,13,18,29H,4-9,11-12H2,1H3. The van der Waals surface area contributed by atoms with Gasteiger partial charge in [0.25, 0.3) is 0 Å². The summed E-state index contributed by atoms with van der Waals surface area (Å²) in [6.07, 6.45) is 4.64. The highest BCUT2D eigenvalue weighted by Crippen LogP contribution is 2.43. The Balaban J connectivity index is 1.18. The molecule has 5 heterocycles. The first-order chi connectivity index (χ1) is 15.5. The highest BCUT2D eigenvalue weighted by atomic mass is 16.5. The van der Waals surface area contributed by atoms with Gasteiger partial charge in [0.15, 0.2) is 0 Å². The number of pyridine rings is 1. The summed E-state index contributed by atoms with van der Waals surface area (Å²) < 4.78 is 6.59. The van der Waals surface area contributed by atoms with Gasteiger partial charge in [-0.15, -0.1) is 5.10 Å². The molecule has 11 nitrogen and oxygen atoms in total. The number of hydrogen-bond donors (Lipinski definition) is 1. The number of esters is 1. The fourth-order valence-electron chi connectivity index (χ4n) is 4.80. The van der Waals surface area contributed by atoms with Crippen molar-refractivity contribution in [3.8, 4) is 5.69 Å². The van der Waals surface area contributed by atoms with Gasteiger partial charge in [0.05, 0.1) is 34.3 Å². The number of aliphatic hydroxyl groups excluding tert-OH is 1. The molecule has 1 spiro atoms. The van der Waals surface area contributed by atoms with Crippen LogP contribution in [0.3, 0.4) is 0 Å². The zero-order chi connectivity index (χ0) is 22.3. The minimum atomic E-state index is -0.725. The fourth-order valence-corrected chi connectivity index (χ4v) is 4.80. The Labute approximate surface area is 184 Å². The molecule has 3 aliphatic heterocycles. The summed E-state index contributed by atoms with van der Waals surface area (Å²) in [4.78, 5) is 33.2. The van der Waals surface area contributed by atoms with Crippen molar-refractivity contribution in [2.75, 3.05) is 32.8 Å². The Morgan fingerprint density at radius 2 is 1.97 bits per heavy atom. The molecule has 2 fully saturated rings. The van der Waals surface area contributed by atoms with E-state index in [-0.39, 0.29) is 23.9 Å². The number of piperidine rings is 1. The number of tetrazole rings is 1. The maximum absolute atomic E-state index is 13.2. The number of β-amino-alcohol motifs (C(OH)–C–C–N with tert-alkyl or cyclic N) is 1. The van der Waals surface area contributed by atoms with Gasteiger partial charge in [0.2, 0.25) is 5.91 Å². The molecule has 0 saturated carbocycles. The number of ether oxygens (including phenoxy) is 1. The lowest BCUT2D eigenvalue weighted by molar-refractivity contribution is -0.138. The van der Waals surface area contributed by atoms with Crippen molar-refractivity contribution < 1.29 is 19.4 Å². The molecule has 0 aliphatic carbocycles. The minimum Gasteiger partial charge on any atom is -0.456 e. The maximum Gasteiger partial charge on any atom is 0.336 e. The summed E-state index contributed by atoms with van der Waals surface area (Å²) in [6.45, 7) is 4.44. The van der Waals surface area contributed by atoms with Gasteiger partial charge in [0.1, 0.15) is 19.0 Å². The molecule has 1 unspecified atom stereocenters. The molecule has 1 atom stereocenters. The molecule has 5 rings (SSSR count). The van der Waals surface area contributed by atoms with E-state index in [9.17, 15) is 14.7 Å². The highest BCUT2D eigenvalue weighted by molar-refractivity contribution is 5.94.